The minimum atomic E-state index is -2.90. The average Bonchev–Trinajstić information content (AvgIpc) is 2.44. The molecule has 0 aliphatic carbocycles. The van der Waals surface area contributed by atoms with Gasteiger partial charge in [-0.3, -0.25) is 0 Å². The molecule has 1 heterocycles. The van der Waals surface area contributed by atoms with Gasteiger partial charge >= 0.3 is 0 Å². The highest BCUT2D eigenvalue weighted by Crippen LogP contribution is 2.33. The summed E-state index contributed by atoms with van der Waals surface area (Å²) in [6, 6.07) is 6.06. The zero-order chi connectivity index (χ0) is 15.3. The van der Waals surface area contributed by atoms with E-state index in [0.717, 1.165) is 30.0 Å². The molecule has 1 atom stereocenters. The van der Waals surface area contributed by atoms with Crippen LogP contribution >= 0.6 is 0 Å². The summed E-state index contributed by atoms with van der Waals surface area (Å²) in [6.45, 7) is 4.02. The van der Waals surface area contributed by atoms with E-state index in [1.165, 1.54) is 6.26 Å². The number of hydrogen-bond acceptors (Lipinski definition) is 5. The van der Waals surface area contributed by atoms with Crippen LogP contribution in [0.15, 0.2) is 18.2 Å². The molecular formula is C15H23NO4S. The first-order valence-electron chi connectivity index (χ1n) is 7.30. The predicted octanol–water partition coefficient (Wildman–Crippen LogP) is 1.93. The smallest absolute Gasteiger partial charge is 0.161 e. The third-order valence-electron chi connectivity index (χ3n) is 3.43. The lowest BCUT2D eigenvalue weighted by atomic mass is 10.0. The second-order valence-corrected chi connectivity index (χ2v) is 7.55. The summed E-state index contributed by atoms with van der Waals surface area (Å²) < 4.78 is 33.6. The molecule has 21 heavy (non-hydrogen) atoms. The molecular weight excluding hydrogens is 290 g/mol. The molecule has 0 spiro atoms. The number of fused-ring (bicyclic) bond motifs is 1. The van der Waals surface area contributed by atoms with Gasteiger partial charge in [0.05, 0.1) is 0 Å². The molecule has 5 nitrogen and oxygen atoms in total. The van der Waals surface area contributed by atoms with Crippen molar-refractivity contribution < 1.29 is 17.9 Å². The second-order valence-electron chi connectivity index (χ2n) is 5.29. The zero-order valence-electron chi connectivity index (χ0n) is 12.6. The van der Waals surface area contributed by atoms with Gasteiger partial charge in [-0.1, -0.05) is 13.0 Å². The van der Waals surface area contributed by atoms with Crippen LogP contribution < -0.4 is 14.8 Å². The Bertz CT molecular complexity index is 571. The number of sulfone groups is 1. The molecule has 0 fully saturated rings. The van der Waals surface area contributed by atoms with Gasteiger partial charge < -0.3 is 14.8 Å². The normalized spacial score (nSPS) is 15.7. The fraction of sp³-hybridized carbons (Fsp3) is 0.600. The molecule has 0 saturated heterocycles. The third kappa shape index (κ3) is 4.89. The van der Waals surface area contributed by atoms with Crippen LogP contribution in [0.2, 0.25) is 0 Å². The van der Waals surface area contributed by atoms with Crippen molar-refractivity contribution in [2.75, 3.05) is 31.8 Å². The van der Waals surface area contributed by atoms with E-state index in [9.17, 15) is 8.42 Å². The fourth-order valence-electron chi connectivity index (χ4n) is 2.46. The number of benzene rings is 1. The van der Waals surface area contributed by atoms with E-state index in [4.69, 9.17) is 9.47 Å². The van der Waals surface area contributed by atoms with E-state index in [1.807, 2.05) is 25.1 Å². The Hall–Kier alpha value is -1.27. The van der Waals surface area contributed by atoms with E-state index >= 15 is 0 Å². The Morgan fingerprint density at radius 1 is 1.24 bits per heavy atom. The van der Waals surface area contributed by atoms with Crippen LogP contribution in [0.4, 0.5) is 0 Å². The van der Waals surface area contributed by atoms with E-state index in [0.29, 0.717) is 19.6 Å². The van der Waals surface area contributed by atoms with Crippen molar-refractivity contribution in [1.29, 1.82) is 0 Å². The van der Waals surface area contributed by atoms with Gasteiger partial charge in [-0.15, -0.1) is 0 Å². The SMILES string of the molecule is CCNC(CCCS(C)(=O)=O)c1ccc2c(c1)OCCO2. The van der Waals surface area contributed by atoms with E-state index in [2.05, 4.69) is 5.32 Å². The largest absolute Gasteiger partial charge is 0.486 e. The molecule has 1 N–H and O–H groups in total. The van der Waals surface area contributed by atoms with Gasteiger partial charge in [-0.05, 0) is 37.1 Å². The van der Waals surface area contributed by atoms with Crippen LogP contribution in [-0.4, -0.2) is 40.2 Å². The van der Waals surface area contributed by atoms with Gasteiger partial charge in [-0.25, -0.2) is 8.42 Å². The minimum absolute atomic E-state index is 0.132. The molecule has 1 aliphatic rings. The van der Waals surface area contributed by atoms with Crippen LogP contribution in [0, 0.1) is 0 Å². The highest BCUT2D eigenvalue weighted by atomic mass is 32.2. The van der Waals surface area contributed by atoms with Crippen LogP contribution in [0.3, 0.4) is 0 Å². The molecule has 0 aromatic heterocycles. The second kappa shape index (κ2) is 7.13. The van der Waals surface area contributed by atoms with Crippen molar-refractivity contribution in [1.82, 2.24) is 5.32 Å². The van der Waals surface area contributed by atoms with Gasteiger partial charge in [0.2, 0.25) is 0 Å². The molecule has 1 aromatic rings. The quantitative estimate of drug-likeness (QED) is 0.833. The van der Waals surface area contributed by atoms with Crippen molar-refractivity contribution in [3.63, 3.8) is 0 Å². The van der Waals surface area contributed by atoms with Crippen molar-refractivity contribution in [3.8, 4) is 11.5 Å². The minimum Gasteiger partial charge on any atom is -0.486 e. The molecule has 0 amide bonds. The Labute approximate surface area is 126 Å². The molecule has 1 aromatic carbocycles. The van der Waals surface area contributed by atoms with Gasteiger partial charge in [0, 0.05) is 18.1 Å². The summed E-state index contributed by atoms with van der Waals surface area (Å²) in [6.07, 6.45) is 2.70. The average molecular weight is 313 g/mol. The maximum atomic E-state index is 11.2. The molecule has 0 radical (unpaired) electrons. The van der Waals surface area contributed by atoms with Gasteiger partial charge in [0.15, 0.2) is 11.5 Å². The summed E-state index contributed by atoms with van der Waals surface area (Å²) in [5.74, 6) is 1.76. The van der Waals surface area contributed by atoms with Crippen molar-refractivity contribution in [2.45, 2.75) is 25.8 Å². The highest BCUT2D eigenvalue weighted by Gasteiger charge is 2.17. The van der Waals surface area contributed by atoms with Crippen molar-refractivity contribution in [3.05, 3.63) is 23.8 Å². The van der Waals surface area contributed by atoms with Gasteiger partial charge in [-0.2, -0.15) is 0 Å². The lowest BCUT2D eigenvalue weighted by molar-refractivity contribution is 0.171. The maximum absolute atomic E-state index is 11.2. The van der Waals surface area contributed by atoms with Crippen LogP contribution in [0.5, 0.6) is 11.5 Å². The Kier molecular flexibility index (Phi) is 5.47. The first-order chi connectivity index (χ1) is 9.99. The number of rotatable bonds is 7. The van der Waals surface area contributed by atoms with E-state index in [1.54, 1.807) is 0 Å². The molecule has 6 heteroatoms. The molecule has 0 saturated carbocycles. The molecule has 0 bridgehead atoms. The Morgan fingerprint density at radius 3 is 2.62 bits per heavy atom. The monoisotopic (exact) mass is 313 g/mol. The lowest BCUT2D eigenvalue weighted by Gasteiger charge is -2.22. The number of ether oxygens (including phenoxy) is 2. The maximum Gasteiger partial charge on any atom is 0.161 e. The predicted molar refractivity (Wildman–Crippen MR) is 82.8 cm³/mol. The summed E-state index contributed by atoms with van der Waals surface area (Å²) >= 11 is 0. The molecule has 2 rings (SSSR count). The molecule has 118 valence electrons. The van der Waals surface area contributed by atoms with Crippen LogP contribution in [0.25, 0.3) is 0 Å². The summed E-state index contributed by atoms with van der Waals surface area (Å²) in [5.41, 5.74) is 1.11. The first kappa shape index (κ1) is 16.1. The van der Waals surface area contributed by atoms with Crippen molar-refractivity contribution in [2.24, 2.45) is 0 Å². The topological polar surface area (TPSA) is 64.6 Å². The van der Waals surface area contributed by atoms with E-state index in [-0.39, 0.29) is 11.8 Å². The lowest BCUT2D eigenvalue weighted by Crippen LogP contribution is -2.22. The van der Waals surface area contributed by atoms with Crippen LogP contribution in [0.1, 0.15) is 31.4 Å². The summed E-state index contributed by atoms with van der Waals surface area (Å²) in [5, 5.41) is 3.40. The molecule has 1 aliphatic heterocycles. The Balaban J connectivity index is 2.06. The fourth-order valence-corrected chi connectivity index (χ4v) is 3.15. The van der Waals surface area contributed by atoms with Gasteiger partial charge in [0.25, 0.3) is 0 Å². The Morgan fingerprint density at radius 2 is 1.95 bits per heavy atom. The standard InChI is InChI=1S/C15H23NO4S/c1-3-16-13(5-4-10-21(2,17)18)12-6-7-14-15(11-12)20-9-8-19-14/h6-7,11,13,16H,3-5,8-10H2,1-2H3. The summed E-state index contributed by atoms with van der Waals surface area (Å²) in [7, 11) is -2.90. The van der Waals surface area contributed by atoms with Crippen molar-refractivity contribution >= 4 is 9.84 Å². The third-order valence-corrected chi connectivity index (χ3v) is 4.46. The first-order valence-corrected chi connectivity index (χ1v) is 9.36. The highest BCUT2D eigenvalue weighted by molar-refractivity contribution is 7.90. The van der Waals surface area contributed by atoms with Gasteiger partial charge in [0.1, 0.15) is 23.1 Å². The molecule has 1 unspecified atom stereocenters. The number of hydrogen-bond donors (Lipinski definition) is 1. The van der Waals surface area contributed by atoms with Crippen LogP contribution in [-0.2, 0) is 9.84 Å². The zero-order valence-corrected chi connectivity index (χ0v) is 13.4. The number of nitrogens with one attached hydrogen (secondary N) is 1. The van der Waals surface area contributed by atoms with E-state index < -0.39 is 9.84 Å². The summed E-state index contributed by atoms with van der Waals surface area (Å²) in [4.78, 5) is 0.